The Bertz CT molecular complexity index is 959. The minimum Gasteiger partial charge on any atom is -0.493 e. The van der Waals surface area contributed by atoms with Crippen LogP contribution in [-0.2, 0) is 11.3 Å². The molecule has 1 unspecified atom stereocenters. The quantitative estimate of drug-likeness (QED) is 0.207. The minimum atomic E-state index is -1.35. The summed E-state index contributed by atoms with van der Waals surface area (Å²) >= 11 is 0. The van der Waals surface area contributed by atoms with Crippen LogP contribution in [0.25, 0.3) is 11.1 Å². The van der Waals surface area contributed by atoms with E-state index >= 15 is 0 Å². The van der Waals surface area contributed by atoms with Gasteiger partial charge in [0.15, 0.2) is 0 Å². The largest absolute Gasteiger partial charge is 0.493 e. The lowest BCUT2D eigenvalue weighted by Crippen LogP contribution is -2.61. The Kier molecular flexibility index (Phi) is 8.49. The van der Waals surface area contributed by atoms with E-state index in [-0.39, 0.29) is 18.3 Å². The van der Waals surface area contributed by atoms with Crippen molar-refractivity contribution < 1.29 is 24.7 Å². The summed E-state index contributed by atoms with van der Waals surface area (Å²) in [4.78, 5) is 11.8. The number of carboxylic acid groups (broad SMARTS) is 1. The third-order valence-electron chi connectivity index (χ3n) is 7.49. The normalized spacial score (nSPS) is 21.1. The Morgan fingerprint density at radius 1 is 1.03 bits per heavy atom. The first-order valence-electron chi connectivity index (χ1n) is 12.8. The van der Waals surface area contributed by atoms with Crippen LogP contribution in [0.4, 0.5) is 0 Å². The smallest absolute Gasteiger partial charge is 0.451 e. The molecule has 6 N–H and O–H groups in total. The zero-order valence-electron chi connectivity index (χ0n) is 20.2. The second kappa shape index (κ2) is 11.6. The van der Waals surface area contributed by atoms with E-state index in [0.717, 1.165) is 48.8 Å². The number of hydrogen-bond acceptors (Lipinski definition) is 6. The van der Waals surface area contributed by atoms with Gasteiger partial charge >= 0.3 is 13.1 Å². The van der Waals surface area contributed by atoms with Crippen molar-refractivity contribution in [3.63, 3.8) is 0 Å². The topological polar surface area (TPSA) is 125 Å². The summed E-state index contributed by atoms with van der Waals surface area (Å²) in [6.07, 6.45) is 5.75. The first kappa shape index (κ1) is 25.7. The molecule has 2 saturated carbocycles. The van der Waals surface area contributed by atoms with Crippen LogP contribution in [0.2, 0.25) is 6.32 Å². The van der Waals surface area contributed by atoms with Crippen LogP contribution >= 0.6 is 0 Å². The lowest BCUT2D eigenvalue weighted by molar-refractivity contribution is -0.148. The highest BCUT2D eigenvalue weighted by molar-refractivity contribution is 6.40. The SMILES string of the molecule is NC(CCCCB(O)O)(C(=O)O)[C@H]1C[C@@H](NCc2ccc(-c3ccc(OCC4CC4)cc3)cc2)C1. The molecule has 0 heterocycles. The van der Waals surface area contributed by atoms with Gasteiger partial charge in [0.2, 0.25) is 0 Å². The Labute approximate surface area is 207 Å². The summed E-state index contributed by atoms with van der Waals surface area (Å²) < 4.78 is 5.82. The number of nitrogens with one attached hydrogen (secondary N) is 1. The zero-order valence-corrected chi connectivity index (χ0v) is 20.2. The van der Waals surface area contributed by atoms with Gasteiger partial charge in [0.1, 0.15) is 11.3 Å². The van der Waals surface area contributed by atoms with Gasteiger partial charge in [-0.2, -0.15) is 0 Å². The summed E-state index contributed by atoms with van der Waals surface area (Å²) in [5.74, 6) is 0.627. The van der Waals surface area contributed by atoms with Crippen molar-refractivity contribution in [1.82, 2.24) is 5.32 Å². The minimum absolute atomic E-state index is 0.0739. The molecule has 2 aromatic carbocycles. The van der Waals surface area contributed by atoms with Gasteiger partial charge in [-0.15, -0.1) is 0 Å². The van der Waals surface area contributed by atoms with Gasteiger partial charge < -0.3 is 30.9 Å². The lowest BCUT2D eigenvalue weighted by Gasteiger charge is -2.45. The summed E-state index contributed by atoms with van der Waals surface area (Å²) in [5, 5.41) is 31.1. The number of hydrogen-bond donors (Lipinski definition) is 5. The van der Waals surface area contributed by atoms with Crippen LogP contribution in [0, 0.1) is 11.8 Å². The van der Waals surface area contributed by atoms with E-state index in [1.54, 1.807) is 0 Å². The molecule has 0 amide bonds. The number of ether oxygens (including phenoxy) is 1. The standard InChI is InChI=1S/C27H37BN2O5/c29-27(26(31)32,13-1-2-14-28(33)34)23-15-24(16-23)30-17-19-5-7-21(8-6-19)22-9-11-25(12-10-22)35-18-20-3-4-20/h5-12,20,23-24,30,33-34H,1-4,13-18,29H2,(H,31,32)/t23-,24+,27?. The second-order valence-corrected chi connectivity index (χ2v) is 10.3. The van der Waals surface area contributed by atoms with Crippen molar-refractivity contribution in [2.75, 3.05) is 6.61 Å². The fourth-order valence-corrected chi connectivity index (χ4v) is 4.75. The van der Waals surface area contributed by atoms with Crippen LogP contribution in [0.15, 0.2) is 48.5 Å². The van der Waals surface area contributed by atoms with E-state index < -0.39 is 18.6 Å². The predicted molar refractivity (Wildman–Crippen MR) is 137 cm³/mol. The van der Waals surface area contributed by atoms with E-state index in [4.69, 9.17) is 20.5 Å². The van der Waals surface area contributed by atoms with E-state index in [1.165, 1.54) is 18.4 Å². The van der Waals surface area contributed by atoms with Crippen LogP contribution in [-0.4, -0.2) is 46.4 Å². The average molecular weight is 480 g/mol. The summed E-state index contributed by atoms with van der Waals surface area (Å²) in [5.41, 5.74) is 8.54. The van der Waals surface area contributed by atoms with E-state index in [0.29, 0.717) is 19.3 Å². The zero-order chi connectivity index (χ0) is 24.8. The monoisotopic (exact) mass is 480 g/mol. The number of carbonyl (C=O) groups is 1. The number of aliphatic carboxylic acids is 1. The lowest BCUT2D eigenvalue weighted by atomic mass is 9.66. The predicted octanol–water partition coefficient (Wildman–Crippen LogP) is 3.44. The van der Waals surface area contributed by atoms with Gasteiger partial charge in [-0.1, -0.05) is 49.2 Å². The van der Waals surface area contributed by atoms with Crippen LogP contribution in [0.5, 0.6) is 5.75 Å². The Morgan fingerprint density at radius 2 is 1.66 bits per heavy atom. The van der Waals surface area contributed by atoms with Gasteiger partial charge in [0.25, 0.3) is 0 Å². The van der Waals surface area contributed by atoms with Gasteiger partial charge in [-0.25, -0.2) is 0 Å². The molecular formula is C27H37BN2O5. The molecule has 0 aromatic heterocycles. The van der Waals surface area contributed by atoms with Crippen LogP contribution in [0.1, 0.15) is 50.5 Å². The summed E-state index contributed by atoms with van der Waals surface area (Å²) in [6, 6.07) is 17.0. The van der Waals surface area contributed by atoms with Crippen LogP contribution in [0.3, 0.4) is 0 Å². The first-order chi connectivity index (χ1) is 16.8. The highest BCUT2D eigenvalue weighted by Crippen LogP contribution is 2.38. The number of rotatable bonds is 14. The summed E-state index contributed by atoms with van der Waals surface area (Å²) in [7, 11) is -1.35. The maximum absolute atomic E-state index is 11.8. The third-order valence-corrected chi connectivity index (χ3v) is 7.49. The molecule has 0 spiro atoms. The number of carboxylic acids is 1. The number of benzene rings is 2. The van der Waals surface area contributed by atoms with E-state index in [9.17, 15) is 9.90 Å². The molecule has 35 heavy (non-hydrogen) atoms. The molecule has 4 rings (SSSR count). The molecule has 2 fully saturated rings. The average Bonchev–Trinajstić information content (AvgIpc) is 3.65. The molecule has 1 atom stereocenters. The maximum atomic E-state index is 11.8. The molecule has 0 radical (unpaired) electrons. The molecule has 0 aliphatic heterocycles. The van der Waals surface area contributed by atoms with Crippen molar-refractivity contribution in [3.8, 4) is 16.9 Å². The third kappa shape index (κ3) is 7.07. The van der Waals surface area contributed by atoms with Gasteiger partial charge in [0.05, 0.1) is 6.61 Å². The first-order valence-corrected chi connectivity index (χ1v) is 12.8. The molecule has 7 nitrogen and oxygen atoms in total. The fraction of sp³-hybridized carbons (Fsp3) is 0.519. The molecule has 2 aromatic rings. The molecule has 0 saturated heterocycles. The van der Waals surface area contributed by atoms with Crippen molar-refractivity contribution in [1.29, 1.82) is 0 Å². The van der Waals surface area contributed by atoms with Gasteiger partial charge in [0, 0.05) is 12.6 Å². The van der Waals surface area contributed by atoms with Crippen molar-refractivity contribution in [2.24, 2.45) is 17.6 Å². The maximum Gasteiger partial charge on any atom is 0.451 e. The molecule has 2 aliphatic carbocycles. The highest BCUT2D eigenvalue weighted by atomic mass is 16.5. The Balaban J connectivity index is 1.20. The van der Waals surface area contributed by atoms with Gasteiger partial charge in [-0.05, 0) is 79.1 Å². The Hall–Kier alpha value is -2.39. The number of nitrogens with two attached hydrogens (primary N) is 1. The molecule has 0 bridgehead atoms. The number of unbranched alkanes of at least 4 members (excludes halogenated alkanes) is 1. The molecule has 8 heteroatoms. The van der Waals surface area contributed by atoms with Crippen molar-refractivity contribution >= 4 is 13.1 Å². The van der Waals surface area contributed by atoms with Crippen molar-refractivity contribution in [2.45, 2.75) is 69.4 Å². The second-order valence-electron chi connectivity index (χ2n) is 10.3. The Morgan fingerprint density at radius 3 is 2.23 bits per heavy atom. The summed E-state index contributed by atoms with van der Waals surface area (Å²) in [6.45, 7) is 1.55. The van der Waals surface area contributed by atoms with Crippen LogP contribution < -0.4 is 15.8 Å². The fourth-order valence-electron chi connectivity index (χ4n) is 4.75. The highest BCUT2D eigenvalue weighted by Gasteiger charge is 2.48. The van der Waals surface area contributed by atoms with Crippen molar-refractivity contribution in [3.05, 3.63) is 54.1 Å². The van der Waals surface area contributed by atoms with E-state index in [2.05, 4.69) is 41.7 Å². The molecular weight excluding hydrogens is 443 g/mol. The van der Waals surface area contributed by atoms with Gasteiger partial charge in [-0.3, -0.25) is 4.79 Å². The molecule has 2 aliphatic rings. The van der Waals surface area contributed by atoms with E-state index in [1.807, 2.05) is 12.1 Å². The molecule has 188 valence electrons.